The molecule has 0 aliphatic carbocycles. The first kappa shape index (κ1) is 10.8. The van der Waals surface area contributed by atoms with E-state index in [4.69, 9.17) is 16.3 Å². The maximum absolute atomic E-state index is 10.5. The number of rotatable bonds is 6. The second kappa shape index (κ2) is 7.86. The highest BCUT2D eigenvalue weighted by atomic mass is 35.5. The normalized spacial score (nSPS) is 9.64. The first-order valence-corrected chi connectivity index (χ1v) is 4.56. The lowest BCUT2D eigenvalue weighted by Crippen LogP contribution is -2.06. The first-order valence-electron chi connectivity index (χ1n) is 4.02. The molecule has 3 heteroatoms. The average molecular weight is 179 g/mol. The van der Waals surface area contributed by atoms with E-state index in [1.54, 1.807) is 0 Å². The Morgan fingerprint density at radius 3 is 2.64 bits per heavy atom. The van der Waals surface area contributed by atoms with Gasteiger partial charge in [-0.3, -0.25) is 4.79 Å². The molecule has 0 N–H and O–H groups in total. The lowest BCUT2D eigenvalue weighted by atomic mass is 10.2. The fourth-order valence-electron chi connectivity index (χ4n) is 0.753. The molecule has 2 nitrogen and oxygen atoms in total. The smallest absolute Gasteiger partial charge is 0.320 e. The lowest BCUT2D eigenvalue weighted by Gasteiger charge is -2.00. The minimum absolute atomic E-state index is 0.0340. The van der Waals surface area contributed by atoms with Gasteiger partial charge < -0.3 is 4.74 Å². The number of hydrogen-bond donors (Lipinski definition) is 0. The topological polar surface area (TPSA) is 26.3 Å². The summed E-state index contributed by atoms with van der Waals surface area (Å²) >= 11 is 5.22. The van der Waals surface area contributed by atoms with Crippen LogP contribution in [0, 0.1) is 0 Å². The summed E-state index contributed by atoms with van der Waals surface area (Å²) in [7, 11) is 0. The van der Waals surface area contributed by atoms with E-state index in [9.17, 15) is 4.79 Å². The second-order valence-electron chi connectivity index (χ2n) is 2.41. The first-order chi connectivity index (χ1) is 5.31. The van der Waals surface area contributed by atoms with Crippen molar-refractivity contribution < 1.29 is 9.53 Å². The van der Waals surface area contributed by atoms with Gasteiger partial charge in [-0.15, -0.1) is 11.6 Å². The number of carbonyl (C=O) groups is 1. The minimum atomic E-state index is -0.317. The average Bonchev–Trinajstić information content (AvgIpc) is 2.04. The van der Waals surface area contributed by atoms with Crippen LogP contribution >= 0.6 is 11.6 Å². The van der Waals surface area contributed by atoms with Gasteiger partial charge in [0.05, 0.1) is 6.61 Å². The van der Waals surface area contributed by atoms with E-state index in [0.717, 1.165) is 12.8 Å². The third-order valence-corrected chi connectivity index (χ3v) is 1.59. The standard InChI is InChI=1S/C8H15ClO2/c1-2-3-4-5-6-11-8(10)7-9/h2-7H2,1H3. The van der Waals surface area contributed by atoms with Gasteiger partial charge in [0, 0.05) is 0 Å². The van der Waals surface area contributed by atoms with E-state index >= 15 is 0 Å². The molecule has 0 rings (SSSR count). The highest BCUT2D eigenvalue weighted by molar-refractivity contribution is 6.26. The molecule has 0 atom stereocenters. The van der Waals surface area contributed by atoms with Crippen molar-refractivity contribution in [1.82, 2.24) is 0 Å². The largest absolute Gasteiger partial charge is 0.465 e. The Labute approximate surface area is 72.9 Å². The summed E-state index contributed by atoms with van der Waals surface area (Å²) in [5, 5.41) is 0. The van der Waals surface area contributed by atoms with Gasteiger partial charge in [-0.1, -0.05) is 26.2 Å². The van der Waals surface area contributed by atoms with Crippen molar-refractivity contribution in [3.05, 3.63) is 0 Å². The van der Waals surface area contributed by atoms with E-state index in [-0.39, 0.29) is 11.8 Å². The molecule has 0 aromatic rings. The highest BCUT2D eigenvalue weighted by Crippen LogP contribution is 1.98. The monoisotopic (exact) mass is 178 g/mol. The van der Waals surface area contributed by atoms with Gasteiger partial charge in [0.1, 0.15) is 5.88 Å². The van der Waals surface area contributed by atoms with Crippen LogP contribution in [-0.4, -0.2) is 18.5 Å². The van der Waals surface area contributed by atoms with Gasteiger partial charge in [0.25, 0.3) is 0 Å². The zero-order valence-electron chi connectivity index (χ0n) is 6.94. The Kier molecular flexibility index (Phi) is 7.69. The molecule has 0 saturated carbocycles. The van der Waals surface area contributed by atoms with Crippen molar-refractivity contribution in [3.8, 4) is 0 Å². The molecule has 0 aliphatic heterocycles. The molecule has 0 saturated heterocycles. The van der Waals surface area contributed by atoms with Crippen molar-refractivity contribution in [3.63, 3.8) is 0 Å². The van der Waals surface area contributed by atoms with Gasteiger partial charge in [-0.2, -0.15) is 0 Å². The van der Waals surface area contributed by atoms with Gasteiger partial charge >= 0.3 is 5.97 Å². The Bertz CT molecular complexity index is 104. The van der Waals surface area contributed by atoms with E-state index in [0.29, 0.717) is 6.61 Å². The SMILES string of the molecule is CCCCCCOC(=O)CCl. The van der Waals surface area contributed by atoms with Crippen LogP contribution in [0.3, 0.4) is 0 Å². The van der Waals surface area contributed by atoms with Crippen LogP contribution in [0.4, 0.5) is 0 Å². The summed E-state index contributed by atoms with van der Waals surface area (Å²) in [6.07, 6.45) is 4.49. The summed E-state index contributed by atoms with van der Waals surface area (Å²) in [6.45, 7) is 2.66. The highest BCUT2D eigenvalue weighted by Gasteiger charge is 1.97. The quantitative estimate of drug-likeness (QED) is 0.355. The van der Waals surface area contributed by atoms with Crippen LogP contribution in [0.25, 0.3) is 0 Å². The predicted molar refractivity (Wildman–Crippen MR) is 45.8 cm³/mol. The Morgan fingerprint density at radius 1 is 1.36 bits per heavy atom. The van der Waals surface area contributed by atoms with Crippen LogP contribution in [0.2, 0.25) is 0 Å². The van der Waals surface area contributed by atoms with Crippen molar-refractivity contribution in [1.29, 1.82) is 0 Å². The molecule has 0 aromatic carbocycles. The summed E-state index contributed by atoms with van der Waals surface area (Å²) < 4.78 is 4.77. The lowest BCUT2D eigenvalue weighted by molar-refractivity contribution is -0.140. The molecule has 0 spiro atoms. The molecule has 0 aliphatic rings. The fraction of sp³-hybridized carbons (Fsp3) is 0.875. The molecule has 0 bridgehead atoms. The number of carbonyl (C=O) groups excluding carboxylic acids is 1. The van der Waals surface area contributed by atoms with Crippen LogP contribution in [0.5, 0.6) is 0 Å². The number of alkyl halides is 1. The Balaban J connectivity index is 2.95. The molecule has 66 valence electrons. The van der Waals surface area contributed by atoms with Crippen LogP contribution in [0.1, 0.15) is 32.6 Å². The number of hydrogen-bond acceptors (Lipinski definition) is 2. The third-order valence-electron chi connectivity index (χ3n) is 1.37. The summed E-state index contributed by atoms with van der Waals surface area (Å²) in [5.41, 5.74) is 0. The van der Waals surface area contributed by atoms with Crippen molar-refractivity contribution in [2.24, 2.45) is 0 Å². The van der Waals surface area contributed by atoms with E-state index < -0.39 is 0 Å². The van der Waals surface area contributed by atoms with Crippen LogP contribution in [0.15, 0.2) is 0 Å². The second-order valence-corrected chi connectivity index (χ2v) is 2.68. The molecule has 0 aromatic heterocycles. The molecule has 0 amide bonds. The number of halogens is 1. The molecule has 0 radical (unpaired) electrons. The Hall–Kier alpha value is -0.240. The van der Waals surface area contributed by atoms with Crippen LogP contribution in [-0.2, 0) is 9.53 Å². The summed E-state index contributed by atoms with van der Waals surface area (Å²) in [4.78, 5) is 10.5. The maximum Gasteiger partial charge on any atom is 0.320 e. The van der Waals surface area contributed by atoms with Gasteiger partial charge in [-0.05, 0) is 6.42 Å². The zero-order valence-corrected chi connectivity index (χ0v) is 7.69. The number of esters is 1. The molecule has 0 fully saturated rings. The zero-order chi connectivity index (χ0) is 8.53. The Morgan fingerprint density at radius 2 is 2.09 bits per heavy atom. The molecular formula is C8H15ClO2. The summed E-state index contributed by atoms with van der Waals surface area (Å²) in [6, 6.07) is 0. The van der Waals surface area contributed by atoms with Crippen molar-refractivity contribution in [2.45, 2.75) is 32.6 Å². The maximum atomic E-state index is 10.5. The van der Waals surface area contributed by atoms with Crippen LogP contribution < -0.4 is 0 Å². The van der Waals surface area contributed by atoms with Crippen molar-refractivity contribution in [2.75, 3.05) is 12.5 Å². The minimum Gasteiger partial charge on any atom is -0.465 e. The molecular weight excluding hydrogens is 164 g/mol. The number of ether oxygens (including phenoxy) is 1. The van der Waals surface area contributed by atoms with Crippen molar-refractivity contribution >= 4 is 17.6 Å². The predicted octanol–water partition coefficient (Wildman–Crippen LogP) is 2.35. The third kappa shape index (κ3) is 7.66. The fourth-order valence-corrected chi connectivity index (χ4v) is 0.831. The van der Waals surface area contributed by atoms with E-state index in [2.05, 4.69) is 6.92 Å². The summed E-state index contributed by atoms with van der Waals surface area (Å²) in [5.74, 6) is -0.350. The van der Waals surface area contributed by atoms with E-state index in [1.807, 2.05) is 0 Å². The number of unbranched alkanes of at least 4 members (excludes halogenated alkanes) is 3. The molecule has 0 heterocycles. The molecule has 11 heavy (non-hydrogen) atoms. The van der Waals surface area contributed by atoms with Gasteiger partial charge in [-0.25, -0.2) is 0 Å². The van der Waals surface area contributed by atoms with Gasteiger partial charge in [0.2, 0.25) is 0 Å². The molecule has 0 unspecified atom stereocenters. The van der Waals surface area contributed by atoms with Gasteiger partial charge in [0.15, 0.2) is 0 Å². The van der Waals surface area contributed by atoms with E-state index in [1.165, 1.54) is 12.8 Å².